The molecule has 0 radical (unpaired) electrons. The molecule has 0 saturated heterocycles. The van der Waals surface area contributed by atoms with E-state index in [1.165, 1.54) is 30.4 Å². The minimum atomic E-state index is 0.615. The van der Waals surface area contributed by atoms with Crippen molar-refractivity contribution in [3.05, 3.63) is 65.7 Å². The predicted octanol–water partition coefficient (Wildman–Crippen LogP) is 6.95. The van der Waals surface area contributed by atoms with E-state index in [2.05, 4.69) is 72.6 Å². The van der Waals surface area contributed by atoms with Crippen LogP contribution in [0.15, 0.2) is 60.7 Å². The Morgan fingerprint density at radius 2 is 1.50 bits per heavy atom. The van der Waals surface area contributed by atoms with Gasteiger partial charge in [0.05, 0.1) is 0 Å². The Morgan fingerprint density at radius 1 is 0.821 bits per heavy atom. The van der Waals surface area contributed by atoms with Crippen LogP contribution in [-0.2, 0) is 6.42 Å². The summed E-state index contributed by atoms with van der Waals surface area (Å²) in [5.74, 6) is 0.894. The SMILES string of the molecule is CC/C=C/COc1ccc(-c2ccc(-c3nnc(CCCCC)s3)cc2)cc1. The van der Waals surface area contributed by atoms with E-state index in [-0.39, 0.29) is 0 Å². The van der Waals surface area contributed by atoms with Crippen molar-refractivity contribution in [1.82, 2.24) is 10.2 Å². The Bertz CT molecular complexity index is 866. The van der Waals surface area contributed by atoms with E-state index in [1.807, 2.05) is 12.1 Å². The lowest BCUT2D eigenvalue weighted by atomic mass is 10.0. The van der Waals surface area contributed by atoms with E-state index >= 15 is 0 Å². The fourth-order valence-corrected chi connectivity index (χ4v) is 3.81. The third-order valence-electron chi connectivity index (χ3n) is 4.53. The van der Waals surface area contributed by atoms with E-state index < -0.39 is 0 Å². The number of allylic oxidation sites excluding steroid dienone is 1. The molecule has 0 unspecified atom stereocenters. The first-order valence-corrected chi connectivity index (χ1v) is 10.9. The predicted molar refractivity (Wildman–Crippen MR) is 119 cm³/mol. The fourth-order valence-electron chi connectivity index (χ4n) is 2.93. The summed E-state index contributed by atoms with van der Waals surface area (Å²) < 4.78 is 5.71. The smallest absolute Gasteiger partial charge is 0.147 e. The van der Waals surface area contributed by atoms with Crippen LogP contribution in [0.4, 0.5) is 0 Å². The van der Waals surface area contributed by atoms with Crippen LogP contribution in [0, 0.1) is 0 Å². The van der Waals surface area contributed by atoms with Crippen LogP contribution in [0.3, 0.4) is 0 Å². The number of rotatable bonds is 10. The number of aromatic nitrogens is 2. The maximum atomic E-state index is 5.71. The van der Waals surface area contributed by atoms with E-state index in [1.54, 1.807) is 11.3 Å². The maximum absolute atomic E-state index is 5.71. The van der Waals surface area contributed by atoms with Gasteiger partial charge in [0, 0.05) is 12.0 Å². The lowest BCUT2D eigenvalue weighted by molar-refractivity contribution is 0.362. The zero-order chi connectivity index (χ0) is 19.6. The summed E-state index contributed by atoms with van der Waals surface area (Å²) in [6.07, 6.45) is 9.91. The average Bonchev–Trinajstić information content (AvgIpc) is 3.21. The second-order valence-electron chi connectivity index (χ2n) is 6.75. The summed E-state index contributed by atoms with van der Waals surface area (Å²) in [4.78, 5) is 0. The summed E-state index contributed by atoms with van der Waals surface area (Å²) in [5.41, 5.74) is 3.50. The minimum Gasteiger partial charge on any atom is -0.490 e. The highest BCUT2D eigenvalue weighted by molar-refractivity contribution is 7.14. The molecule has 1 aromatic heterocycles. The van der Waals surface area contributed by atoms with Crippen LogP contribution >= 0.6 is 11.3 Å². The van der Waals surface area contributed by atoms with E-state index in [0.717, 1.165) is 34.2 Å². The first kappa shape index (κ1) is 20.3. The van der Waals surface area contributed by atoms with Crippen molar-refractivity contribution in [1.29, 1.82) is 0 Å². The third kappa shape index (κ3) is 5.77. The van der Waals surface area contributed by atoms with Gasteiger partial charge in [0.1, 0.15) is 22.4 Å². The Labute approximate surface area is 172 Å². The third-order valence-corrected chi connectivity index (χ3v) is 5.56. The molecule has 3 nitrogen and oxygen atoms in total. The molecule has 0 saturated carbocycles. The molecular formula is C24H28N2OS. The van der Waals surface area contributed by atoms with Gasteiger partial charge in [0.15, 0.2) is 0 Å². The van der Waals surface area contributed by atoms with Crippen molar-refractivity contribution >= 4 is 11.3 Å². The molecule has 0 spiro atoms. The van der Waals surface area contributed by atoms with E-state index in [9.17, 15) is 0 Å². The lowest BCUT2D eigenvalue weighted by Gasteiger charge is -2.06. The van der Waals surface area contributed by atoms with Gasteiger partial charge in [-0.25, -0.2) is 0 Å². The molecule has 146 valence electrons. The quantitative estimate of drug-likeness (QED) is 0.276. The molecule has 0 atom stereocenters. The molecular weight excluding hydrogens is 364 g/mol. The van der Waals surface area contributed by atoms with Gasteiger partial charge in [-0.2, -0.15) is 0 Å². The molecule has 0 N–H and O–H groups in total. The summed E-state index contributed by atoms with van der Waals surface area (Å²) in [6.45, 7) is 4.96. The van der Waals surface area contributed by atoms with E-state index in [4.69, 9.17) is 4.74 Å². The monoisotopic (exact) mass is 392 g/mol. The molecule has 3 aromatic rings. The van der Waals surface area contributed by atoms with Gasteiger partial charge in [-0.1, -0.05) is 86.6 Å². The van der Waals surface area contributed by atoms with Crippen molar-refractivity contribution in [2.45, 2.75) is 46.0 Å². The molecule has 2 aromatic carbocycles. The lowest BCUT2D eigenvalue weighted by Crippen LogP contribution is -1.92. The molecule has 1 heterocycles. The number of unbranched alkanes of at least 4 members (excludes halogenated alkanes) is 2. The molecule has 3 rings (SSSR count). The average molecular weight is 393 g/mol. The molecule has 0 aliphatic carbocycles. The van der Waals surface area contributed by atoms with Crippen molar-refractivity contribution in [2.24, 2.45) is 0 Å². The van der Waals surface area contributed by atoms with Gasteiger partial charge in [0.25, 0.3) is 0 Å². The van der Waals surface area contributed by atoms with Crippen LogP contribution in [0.2, 0.25) is 0 Å². The summed E-state index contributed by atoms with van der Waals surface area (Å²) in [6, 6.07) is 16.8. The van der Waals surface area contributed by atoms with Crippen molar-refractivity contribution in [2.75, 3.05) is 6.61 Å². The molecule has 0 aliphatic rings. The number of benzene rings is 2. The van der Waals surface area contributed by atoms with Gasteiger partial charge in [0.2, 0.25) is 0 Å². The Hall–Kier alpha value is -2.46. The summed E-state index contributed by atoms with van der Waals surface area (Å²) in [5, 5.41) is 10.8. The standard InChI is InChI=1S/C24H28N2OS/c1-3-5-7-9-23-25-26-24(28-23)21-12-10-19(11-13-21)20-14-16-22(17-15-20)27-18-8-6-4-2/h6,8,10-17H,3-5,7,9,18H2,1-2H3/b8-6+. The Balaban J connectivity index is 1.61. The van der Waals surface area contributed by atoms with Crippen LogP contribution in [0.25, 0.3) is 21.7 Å². The highest BCUT2D eigenvalue weighted by Gasteiger charge is 2.07. The Kier molecular flexibility index (Phi) is 7.80. The second kappa shape index (κ2) is 10.8. The second-order valence-corrected chi connectivity index (χ2v) is 7.81. The van der Waals surface area contributed by atoms with Crippen LogP contribution in [-0.4, -0.2) is 16.8 Å². The minimum absolute atomic E-state index is 0.615. The van der Waals surface area contributed by atoms with Crippen LogP contribution in [0.1, 0.15) is 44.5 Å². The normalized spacial score (nSPS) is 11.2. The van der Waals surface area contributed by atoms with Gasteiger partial charge in [-0.3, -0.25) is 0 Å². The van der Waals surface area contributed by atoms with Gasteiger partial charge in [-0.05, 0) is 36.1 Å². The topological polar surface area (TPSA) is 35.0 Å². The Morgan fingerprint density at radius 3 is 2.18 bits per heavy atom. The zero-order valence-electron chi connectivity index (χ0n) is 16.7. The number of ether oxygens (including phenoxy) is 1. The highest BCUT2D eigenvalue weighted by atomic mass is 32.1. The van der Waals surface area contributed by atoms with Crippen molar-refractivity contribution in [3.8, 4) is 27.4 Å². The first-order chi connectivity index (χ1) is 13.8. The highest BCUT2D eigenvalue weighted by Crippen LogP contribution is 2.28. The molecule has 0 bridgehead atoms. The molecule has 0 fully saturated rings. The number of aryl methyl sites for hydroxylation is 1. The molecule has 28 heavy (non-hydrogen) atoms. The zero-order valence-corrected chi connectivity index (χ0v) is 17.5. The molecule has 0 aliphatic heterocycles. The maximum Gasteiger partial charge on any atom is 0.147 e. The fraction of sp³-hybridized carbons (Fsp3) is 0.333. The van der Waals surface area contributed by atoms with Crippen LogP contribution < -0.4 is 4.74 Å². The van der Waals surface area contributed by atoms with Crippen molar-refractivity contribution in [3.63, 3.8) is 0 Å². The van der Waals surface area contributed by atoms with Gasteiger partial charge >= 0.3 is 0 Å². The summed E-state index contributed by atoms with van der Waals surface area (Å²) in [7, 11) is 0. The largest absolute Gasteiger partial charge is 0.490 e. The summed E-state index contributed by atoms with van der Waals surface area (Å²) >= 11 is 1.71. The van der Waals surface area contributed by atoms with Gasteiger partial charge < -0.3 is 4.74 Å². The molecule has 0 amide bonds. The number of nitrogens with zero attached hydrogens (tertiary/aromatic N) is 2. The first-order valence-electron chi connectivity index (χ1n) is 10.1. The number of hydrogen-bond acceptors (Lipinski definition) is 4. The van der Waals surface area contributed by atoms with Crippen LogP contribution in [0.5, 0.6) is 5.75 Å². The van der Waals surface area contributed by atoms with Gasteiger partial charge in [-0.15, -0.1) is 10.2 Å². The number of hydrogen-bond donors (Lipinski definition) is 0. The van der Waals surface area contributed by atoms with E-state index in [0.29, 0.717) is 6.61 Å². The van der Waals surface area contributed by atoms with Crippen molar-refractivity contribution < 1.29 is 4.74 Å². The molecule has 4 heteroatoms.